The van der Waals surface area contributed by atoms with E-state index >= 15 is 0 Å². The molecule has 0 amide bonds. The molecule has 0 aromatic carbocycles. The van der Waals surface area contributed by atoms with E-state index in [1.165, 1.54) is 0 Å². The Morgan fingerprint density at radius 1 is 1.59 bits per heavy atom. The van der Waals surface area contributed by atoms with Crippen molar-refractivity contribution in [1.82, 2.24) is 5.32 Å². The Morgan fingerprint density at radius 3 is 2.71 bits per heavy atom. The second-order valence-corrected chi connectivity index (χ2v) is 4.84. The van der Waals surface area contributed by atoms with Crippen LogP contribution >= 0.6 is 0 Å². The standard InChI is InChI=1S/C12H22NO3.Na/c1-3-12(2,8-14)13-10-7-5-4-6-9(10)11(15)16;/h9,13-14H,3-8H2,1-2H3,(H,15,16);/q;+1/p-1. The van der Waals surface area contributed by atoms with Gasteiger partial charge in [0.05, 0.1) is 6.61 Å². The molecule has 0 bridgehead atoms. The van der Waals surface area contributed by atoms with Gasteiger partial charge in [-0.05, 0) is 26.2 Å². The summed E-state index contributed by atoms with van der Waals surface area (Å²) in [6, 6.07) is 0.824. The van der Waals surface area contributed by atoms with Crippen LogP contribution in [0.25, 0.3) is 0 Å². The molecule has 0 heterocycles. The summed E-state index contributed by atoms with van der Waals surface area (Å²) >= 11 is 0. The molecule has 17 heavy (non-hydrogen) atoms. The van der Waals surface area contributed by atoms with E-state index in [9.17, 15) is 15.0 Å². The number of rotatable bonds is 5. The Hall–Kier alpha value is 0.390. The molecule has 0 aromatic heterocycles. The summed E-state index contributed by atoms with van der Waals surface area (Å²) in [6.45, 7) is 3.88. The molecular weight excluding hydrogens is 229 g/mol. The molecule has 0 saturated heterocycles. The van der Waals surface area contributed by atoms with Crippen LogP contribution in [0.1, 0.15) is 46.0 Å². The van der Waals surface area contributed by atoms with Gasteiger partial charge in [0.25, 0.3) is 0 Å². The van der Waals surface area contributed by atoms with Gasteiger partial charge in [0.15, 0.2) is 0 Å². The SMILES string of the molecule is CCC(C)(CO)N[C]1CCCCC1C(=O)[O-].[Na+]. The fourth-order valence-electron chi connectivity index (χ4n) is 2.05. The van der Waals surface area contributed by atoms with Crippen molar-refractivity contribution >= 4 is 5.97 Å². The number of aliphatic hydroxyl groups excluding tert-OH is 1. The van der Waals surface area contributed by atoms with Crippen molar-refractivity contribution in [3.63, 3.8) is 0 Å². The third-order valence-corrected chi connectivity index (χ3v) is 3.49. The topological polar surface area (TPSA) is 72.4 Å². The number of carboxylic acid groups (broad SMARTS) is 1. The van der Waals surface area contributed by atoms with Crippen LogP contribution in [0.4, 0.5) is 0 Å². The van der Waals surface area contributed by atoms with Crippen LogP contribution < -0.4 is 40.0 Å². The van der Waals surface area contributed by atoms with E-state index in [0.29, 0.717) is 6.42 Å². The Kier molecular flexibility index (Phi) is 7.92. The third kappa shape index (κ3) is 4.87. The van der Waals surface area contributed by atoms with Crippen LogP contribution in [0.2, 0.25) is 0 Å². The number of carbonyl (C=O) groups is 1. The maximum absolute atomic E-state index is 11.0. The molecule has 2 N–H and O–H groups in total. The molecular formula is C12H21NNaO3. The number of hydrogen-bond acceptors (Lipinski definition) is 4. The molecule has 2 unspecified atom stereocenters. The minimum Gasteiger partial charge on any atom is -0.550 e. The van der Waals surface area contributed by atoms with E-state index in [-0.39, 0.29) is 36.2 Å². The van der Waals surface area contributed by atoms with Gasteiger partial charge in [0.1, 0.15) is 0 Å². The first-order valence-electron chi connectivity index (χ1n) is 5.98. The zero-order valence-corrected chi connectivity index (χ0v) is 13.1. The molecule has 1 aliphatic carbocycles. The molecule has 1 fully saturated rings. The summed E-state index contributed by atoms with van der Waals surface area (Å²) in [7, 11) is 0. The van der Waals surface area contributed by atoms with Gasteiger partial charge < -0.3 is 20.3 Å². The second-order valence-electron chi connectivity index (χ2n) is 4.84. The molecule has 0 spiro atoms. The van der Waals surface area contributed by atoms with E-state index in [2.05, 4.69) is 5.32 Å². The molecule has 0 aliphatic heterocycles. The van der Waals surface area contributed by atoms with Crippen LogP contribution in [-0.2, 0) is 4.79 Å². The van der Waals surface area contributed by atoms with Crippen LogP contribution in [-0.4, -0.2) is 23.2 Å². The van der Waals surface area contributed by atoms with Crippen molar-refractivity contribution in [2.75, 3.05) is 6.61 Å². The number of aliphatic hydroxyl groups is 1. The number of nitrogens with one attached hydrogen (secondary N) is 1. The first-order chi connectivity index (χ1) is 7.52. The number of carboxylic acids is 1. The van der Waals surface area contributed by atoms with Gasteiger partial charge in [-0.1, -0.05) is 19.8 Å². The Balaban J connectivity index is 0.00000256. The molecule has 1 saturated carbocycles. The smallest absolute Gasteiger partial charge is 0.550 e. The zero-order chi connectivity index (χ0) is 12.2. The van der Waals surface area contributed by atoms with Crippen molar-refractivity contribution in [1.29, 1.82) is 0 Å². The zero-order valence-electron chi connectivity index (χ0n) is 11.1. The predicted octanol–water partition coefficient (Wildman–Crippen LogP) is -2.79. The summed E-state index contributed by atoms with van der Waals surface area (Å²) in [6.07, 6.45) is 4.13. The van der Waals surface area contributed by atoms with Gasteiger partial charge in [-0.15, -0.1) is 0 Å². The fourth-order valence-corrected chi connectivity index (χ4v) is 2.05. The summed E-state index contributed by atoms with van der Waals surface area (Å²) in [5.74, 6) is -1.50. The molecule has 1 rings (SSSR count). The number of hydrogen-bond donors (Lipinski definition) is 2. The van der Waals surface area contributed by atoms with Crippen molar-refractivity contribution < 1.29 is 44.6 Å². The molecule has 2 atom stereocenters. The van der Waals surface area contributed by atoms with E-state index in [1.54, 1.807) is 0 Å². The maximum atomic E-state index is 11.0. The fraction of sp³-hybridized carbons (Fsp3) is 0.833. The Morgan fingerprint density at radius 2 is 2.24 bits per heavy atom. The minimum atomic E-state index is -1.00. The molecule has 0 aromatic rings. The molecule has 1 radical (unpaired) electrons. The van der Waals surface area contributed by atoms with Crippen LogP contribution in [0, 0.1) is 12.0 Å². The molecule has 4 nitrogen and oxygen atoms in total. The largest absolute Gasteiger partial charge is 1.00 e. The monoisotopic (exact) mass is 250 g/mol. The van der Waals surface area contributed by atoms with Crippen molar-refractivity contribution in [2.24, 2.45) is 5.92 Å². The summed E-state index contributed by atoms with van der Waals surface area (Å²) < 4.78 is 0. The van der Waals surface area contributed by atoms with E-state index < -0.39 is 17.4 Å². The summed E-state index contributed by atoms with van der Waals surface area (Å²) in [5.41, 5.74) is -0.416. The number of aliphatic carboxylic acids is 1. The van der Waals surface area contributed by atoms with E-state index in [0.717, 1.165) is 31.7 Å². The first-order valence-corrected chi connectivity index (χ1v) is 5.98. The normalized spacial score (nSPS) is 24.8. The average Bonchev–Trinajstić information content (AvgIpc) is 2.29. The average molecular weight is 250 g/mol. The third-order valence-electron chi connectivity index (χ3n) is 3.49. The van der Waals surface area contributed by atoms with Gasteiger partial charge in [-0.2, -0.15) is 0 Å². The van der Waals surface area contributed by atoms with E-state index in [1.807, 2.05) is 13.8 Å². The number of carbonyl (C=O) groups excluding carboxylic acids is 1. The van der Waals surface area contributed by atoms with Gasteiger partial charge in [-0.25, -0.2) is 0 Å². The van der Waals surface area contributed by atoms with Gasteiger partial charge in [-0.3, -0.25) is 0 Å². The van der Waals surface area contributed by atoms with Crippen molar-refractivity contribution in [2.45, 2.75) is 51.5 Å². The second kappa shape index (κ2) is 7.74. The maximum Gasteiger partial charge on any atom is 1.00 e. The summed E-state index contributed by atoms with van der Waals surface area (Å²) in [4.78, 5) is 11.0. The van der Waals surface area contributed by atoms with Crippen LogP contribution in [0.5, 0.6) is 0 Å². The van der Waals surface area contributed by atoms with E-state index in [4.69, 9.17) is 0 Å². The van der Waals surface area contributed by atoms with Crippen LogP contribution in [0.15, 0.2) is 0 Å². The minimum absolute atomic E-state index is 0. The first kappa shape index (κ1) is 17.4. The van der Waals surface area contributed by atoms with Gasteiger partial charge in [0, 0.05) is 23.5 Å². The van der Waals surface area contributed by atoms with Crippen LogP contribution in [0.3, 0.4) is 0 Å². The van der Waals surface area contributed by atoms with Crippen molar-refractivity contribution in [3.05, 3.63) is 6.04 Å². The van der Waals surface area contributed by atoms with Gasteiger partial charge in [0.2, 0.25) is 0 Å². The predicted molar refractivity (Wildman–Crippen MR) is 59.1 cm³/mol. The molecule has 5 heteroatoms. The molecule has 1 aliphatic rings. The summed E-state index contributed by atoms with van der Waals surface area (Å²) in [5, 5.41) is 23.5. The van der Waals surface area contributed by atoms with Crippen molar-refractivity contribution in [3.8, 4) is 0 Å². The quantitative estimate of drug-likeness (QED) is 0.518. The Labute approximate surface area is 125 Å². The van der Waals surface area contributed by atoms with Gasteiger partial charge >= 0.3 is 29.6 Å². The molecule has 93 valence electrons. The Bertz CT molecular complexity index is 244.